The Morgan fingerprint density at radius 3 is 2.52 bits per heavy atom. The summed E-state index contributed by atoms with van der Waals surface area (Å²) in [5.41, 5.74) is 3.24. The highest BCUT2D eigenvalue weighted by Crippen LogP contribution is 2.46. The molecule has 0 unspecified atom stereocenters. The summed E-state index contributed by atoms with van der Waals surface area (Å²) >= 11 is 0. The molecule has 2 aromatic carbocycles. The van der Waals surface area contributed by atoms with Crippen LogP contribution in [0.25, 0.3) is 22.0 Å². The second-order valence-corrected chi connectivity index (χ2v) is 13.1. The van der Waals surface area contributed by atoms with Crippen LogP contribution in [0.4, 0.5) is 13.6 Å². The first-order chi connectivity index (χ1) is 22.7. The van der Waals surface area contributed by atoms with Gasteiger partial charge in [0, 0.05) is 61.9 Å². The summed E-state index contributed by atoms with van der Waals surface area (Å²) in [4.78, 5) is 25.1. The van der Waals surface area contributed by atoms with Gasteiger partial charge in [0.1, 0.15) is 18.0 Å². The molecule has 1 saturated carbocycles. The van der Waals surface area contributed by atoms with Crippen LogP contribution < -0.4 is 15.6 Å². The van der Waals surface area contributed by atoms with E-state index in [0.717, 1.165) is 42.3 Å². The van der Waals surface area contributed by atoms with Crippen molar-refractivity contribution in [1.82, 2.24) is 19.7 Å². The number of alkyl carbamates (subject to hydrolysis) is 1. The molecule has 2 aromatic heterocycles. The van der Waals surface area contributed by atoms with Gasteiger partial charge in [-0.25, -0.2) is 9.18 Å². The second-order valence-electron chi connectivity index (χ2n) is 13.1. The van der Waals surface area contributed by atoms with E-state index in [-0.39, 0.29) is 31.3 Å². The molecule has 2 heterocycles. The van der Waals surface area contributed by atoms with E-state index in [1.807, 2.05) is 20.9 Å². The van der Waals surface area contributed by atoms with Gasteiger partial charge in [0.15, 0.2) is 11.6 Å². The third kappa shape index (κ3) is 7.24. The highest BCUT2D eigenvalue weighted by molar-refractivity contribution is 5.89. The van der Waals surface area contributed by atoms with Crippen LogP contribution in [0.15, 0.2) is 41.2 Å². The number of nitrogens with zero attached hydrogens (tertiary/aromatic N) is 3. The van der Waals surface area contributed by atoms with E-state index >= 15 is 4.39 Å². The minimum atomic E-state index is -1.10. The summed E-state index contributed by atoms with van der Waals surface area (Å²) in [6.45, 7) is 9.93. The lowest BCUT2D eigenvalue weighted by molar-refractivity contribution is -0.180. The molecular weight excluding hydrogens is 622 g/mol. The van der Waals surface area contributed by atoms with Gasteiger partial charge < -0.3 is 28.8 Å². The molecule has 0 spiro atoms. The van der Waals surface area contributed by atoms with Crippen molar-refractivity contribution in [3.05, 3.63) is 80.9 Å². The fourth-order valence-corrected chi connectivity index (χ4v) is 5.98. The molecule has 0 radical (unpaired) electrons. The molecule has 1 aliphatic carbocycles. The van der Waals surface area contributed by atoms with Gasteiger partial charge in [0.05, 0.1) is 17.8 Å². The van der Waals surface area contributed by atoms with E-state index in [0.29, 0.717) is 40.6 Å². The van der Waals surface area contributed by atoms with Crippen molar-refractivity contribution in [3.8, 4) is 16.9 Å². The summed E-state index contributed by atoms with van der Waals surface area (Å²) in [6.07, 6.45) is 2.41. The molecule has 0 saturated heterocycles. The van der Waals surface area contributed by atoms with Crippen LogP contribution in [0.3, 0.4) is 0 Å². The van der Waals surface area contributed by atoms with Crippen molar-refractivity contribution < 1.29 is 32.5 Å². The molecule has 5 rings (SSSR count). The lowest BCUT2D eigenvalue weighted by atomic mass is 9.75. The number of carbonyl (C=O) groups excluding carboxylic acids is 1. The van der Waals surface area contributed by atoms with Crippen molar-refractivity contribution in [3.63, 3.8) is 0 Å². The third-order valence-corrected chi connectivity index (χ3v) is 8.79. The first-order valence-electron chi connectivity index (χ1n) is 16.2. The largest absolute Gasteiger partial charge is 0.489 e. The molecule has 0 atom stereocenters. The first kappa shape index (κ1) is 35.0. The predicted molar refractivity (Wildman–Crippen MR) is 178 cm³/mol. The van der Waals surface area contributed by atoms with Gasteiger partial charge in [-0.3, -0.25) is 9.48 Å². The topological polar surface area (TPSA) is 106 Å². The summed E-state index contributed by atoms with van der Waals surface area (Å²) < 4.78 is 56.4. The van der Waals surface area contributed by atoms with Crippen molar-refractivity contribution in [2.75, 3.05) is 20.0 Å². The zero-order chi connectivity index (χ0) is 34.8. The van der Waals surface area contributed by atoms with Crippen molar-refractivity contribution in [2.45, 2.75) is 78.0 Å². The quantitative estimate of drug-likeness (QED) is 0.135. The number of carbonyl (C=O) groups is 1. The Morgan fingerprint density at radius 2 is 1.85 bits per heavy atom. The Labute approximate surface area is 278 Å². The van der Waals surface area contributed by atoms with Gasteiger partial charge >= 0.3 is 6.09 Å². The Morgan fingerprint density at radius 1 is 1.10 bits per heavy atom. The summed E-state index contributed by atoms with van der Waals surface area (Å²) in [7, 11) is 3.51. The summed E-state index contributed by atoms with van der Waals surface area (Å²) in [6, 6.07) is 9.21. The van der Waals surface area contributed by atoms with Crippen molar-refractivity contribution >= 4 is 17.0 Å². The van der Waals surface area contributed by atoms with Gasteiger partial charge in [-0.2, -0.15) is 9.49 Å². The maximum Gasteiger partial charge on any atom is 0.407 e. The molecule has 0 aliphatic heterocycles. The van der Waals surface area contributed by atoms with Crippen LogP contribution in [0.5, 0.6) is 5.75 Å². The number of nitrogens with one attached hydrogen (secondary N) is 1. The normalized spacial score (nSPS) is 14.2. The number of pyridine rings is 1. The number of amides is 1. The third-order valence-electron chi connectivity index (χ3n) is 8.79. The highest BCUT2D eigenvalue weighted by atomic mass is 19.2. The second kappa shape index (κ2) is 14.1. The molecular formula is C36H44F2N4O6. The Kier molecular flexibility index (Phi) is 10.3. The van der Waals surface area contributed by atoms with Gasteiger partial charge in [0.2, 0.25) is 5.82 Å². The van der Waals surface area contributed by atoms with Crippen LogP contribution in [-0.2, 0) is 46.9 Å². The van der Waals surface area contributed by atoms with Gasteiger partial charge in [-0.05, 0) is 89.3 Å². The van der Waals surface area contributed by atoms with Crippen LogP contribution in [0.2, 0.25) is 0 Å². The van der Waals surface area contributed by atoms with Crippen LogP contribution >= 0.6 is 0 Å². The molecule has 12 heteroatoms. The Bertz CT molecular complexity index is 1870. The molecule has 48 heavy (non-hydrogen) atoms. The zero-order valence-electron chi connectivity index (χ0n) is 28.7. The number of fused-ring (bicyclic) bond motifs is 1. The number of aryl methyl sites for hydroxylation is 2. The van der Waals surface area contributed by atoms with E-state index in [1.54, 1.807) is 50.7 Å². The monoisotopic (exact) mass is 666 g/mol. The average molecular weight is 667 g/mol. The minimum absolute atomic E-state index is 0.0225. The van der Waals surface area contributed by atoms with Crippen molar-refractivity contribution in [2.24, 2.45) is 14.1 Å². The van der Waals surface area contributed by atoms with Crippen LogP contribution in [0.1, 0.15) is 69.5 Å². The maximum atomic E-state index is 15.5. The minimum Gasteiger partial charge on any atom is -0.489 e. The number of hydrogen-bond donors (Lipinski definition) is 1. The smallest absolute Gasteiger partial charge is 0.407 e. The number of benzene rings is 2. The lowest BCUT2D eigenvalue weighted by Gasteiger charge is -2.40. The SMILES string of the molecule is CCOCOC1(c2nn(C)c(C)c2CCOc2c(-c3ccc4c(c3)c(CNC(=O)OC(C)(C)C)cc(=O)n4C)ccc(F)c2F)CCC1. The summed E-state index contributed by atoms with van der Waals surface area (Å²) in [5, 5.41) is 8.14. The molecule has 1 amide bonds. The Balaban J connectivity index is 1.44. The first-order valence-corrected chi connectivity index (χ1v) is 16.2. The predicted octanol–water partition coefficient (Wildman–Crippen LogP) is 6.56. The molecule has 1 aliphatic rings. The van der Waals surface area contributed by atoms with Crippen LogP contribution in [-0.4, -0.2) is 46.0 Å². The molecule has 4 aromatic rings. The fraction of sp³-hybridized carbons (Fsp3) is 0.472. The molecule has 10 nitrogen and oxygen atoms in total. The standard InChI is InChI=1S/C36H44F2N4O6/c1-8-45-21-47-36(15-9-16-36)33-25(22(2)42(7)40-33)14-17-46-32-26(11-12-28(37)31(32)38)23-10-13-29-27(18-23)24(19-30(43)41(29)6)20-39-34(44)48-35(3,4)5/h10-13,18-19H,8-9,14-17,20-21H2,1-7H3,(H,39,44). The van der Waals surface area contributed by atoms with Gasteiger partial charge in [-0.1, -0.05) is 6.07 Å². The molecule has 1 fully saturated rings. The van der Waals surface area contributed by atoms with E-state index in [4.69, 9.17) is 24.0 Å². The van der Waals surface area contributed by atoms with E-state index in [1.165, 1.54) is 16.7 Å². The van der Waals surface area contributed by atoms with Crippen molar-refractivity contribution in [1.29, 1.82) is 0 Å². The highest BCUT2D eigenvalue weighted by Gasteiger charge is 2.44. The number of rotatable bonds is 12. The van der Waals surface area contributed by atoms with E-state index < -0.39 is 28.9 Å². The van der Waals surface area contributed by atoms with E-state index in [9.17, 15) is 14.0 Å². The number of hydrogen-bond acceptors (Lipinski definition) is 7. The fourth-order valence-electron chi connectivity index (χ4n) is 5.98. The lowest BCUT2D eigenvalue weighted by Crippen LogP contribution is -2.39. The Hall–Kier alpha value is -4.29. The van der Waals surface area contributed by atoms with E-state index in [2.05, 4.69) is 5.32 Å². The van der Waals surface area contributed by atoms with Gasteiger partial charge in [0.25, 0.3) is 5.56 Å². The van der Waals surface area contributed by atoms with Crippen LogP contribution in [0, 0.1) is 18.6 Å². The number of aromatic nitrogens is 3. The molecule has 1 N–H and O–H groups in total. The summed E-state index contributed by atoms with van der Waals surface area (Å²) in [5.74, 6) is -2.35. The van der Waals surface area contributed by atoms with Gasteiger partial charge in [-0.15, -0.1) is 0 Å². The maximum absolute atomic E-state index is 15.5. The average Bonchev–Trinajstić information content (AvgIpc) is 3.29. The number of ether oxygens (including phenoxy) is 4. The zero-order valence-corrected chi connectivity index (χ0v) is 28.7. The molecule has 258 valence electrons. The molecule has 0 bridgehead atoms. The number of halogens is 2.